The van der Waals surface area contributed by atoms with Gasteiger partial charge in [0.1, 0.15) is 0 Å². The molecule has 2 fully saturated rings. The fourth-order valence-electron chi connectivity index (χ4n) is 3.69. The van der Waals surface area contributed by atoms with E-state index in [1.165, 1.54) is 0 Å². The van der Waals surface area contributed by atoms with Crippen molar-refractivity contribution in [3.8, 4) is 0 Å². The second-order valence-electron chi connectivity index (χ2n) is 6.98. The highest BCUT2D eigenvalue weighted by molar-refractivity contribution is 5.94. The number of hydrogen-bond donors (Lipinski definition) is 0. The van der Waals surface area contributed by atoms with Crippen molar-refractivity contribution in [3.05, 3.63) is 29.8 Å². The molecule has 0 aromatic heterocycles. The van der Waals surface area contributed by atoms with Crippen LogP contribution in [0.5, 0.6) is 0 Å². The third-order valence-corrected chi connectivity index (χ3v) is 5.24. The van der Waals surface area contributed by atoms with Crippen LogP contribution >= 0.6 is 0 Å². The molecule has 4 nitrogen and oxygen atoms in total. The summed E-state index contributed by atoms with van der Waals surface area (Å²) in [6, 6.07) is 7.79. The van der Waals surface area contributed by atoms with Crippen molar-refractivity contribution in [1.82, 2.24) is 4.90 Å². The maximum absolute atomic E-state index is 12.6. The number of anilines is 1. The molecule has 2 aliphatic rings. The number of hydrogen-bond acceptors (Lipinski definition) is 3. The van der Waals surface area contributed by atoms with Crippen LogP contribution in [0.25, 0.3) is 0 Å². The predicted octanol–water partition coefficient (Wildman–Crippen LogP) is 3.12. The normalized spacial score (nSPS) is 22.4. The number of Topliss-reactive ketones (excluding diaryl/α,β-unsaturated/α-hetero) is 1. The Labute approximate surface area is 138 Å². The summed E-state index contributed by atoms with van der Waals surface area (Å²) in [5.74, 6) is 1.08. The van der Waals surface area contributed by atoms with Gasteiger partial charge in [-0.05, 0) is 62.8 Å². The molecule has 1 aromatic rings. The molecule has 4 heteroatoms. The minimum Gasteiger partial charge on any atom is -0.361 e. The molecule has 124 valence electrons. The van der Waals surface area contributed by atoms with Gasteiger partial charge in [0.25, 0.3) is 5.91 Å². The van der Waals surface area contributed by atoms with Gasteiger partial charge < -0.3 is 9.80 Å². The first-order chi connectivity index (χ1) is 11.1. The molecule has 1 unspecified atom stereocenters. The van der Waals surface area contributed by atoms with Crippen LogP contribution < -0.4 is 4.90 Å². The Morgan fingerprint density at radius 3 is 2.26 bits per heavy atom. The van der Waals surface area contributed by atoms with Crippen molar-refractivity contribution in [2.24, 2.45) is 5.92 Å². The Bertz CT molecular complexity index is 574. The van der Waals surface area contributed by atoms with Crippen molar-refractivity contribution in [1.29, 1.82) is 0 Å². The van der Waals surface area contributed by atoms with Crippen molar-refractivity contribution in [2.45, 2.75) is 45.6 Å². The monoisotopic (exact) mass is 314 g/mol. The first kappa shape index (κ1) is 16.0. The van der Waals surface area contributed by atoms with Crippen LogP contribution in [0.15, 0.2) is 24.3 Å². The molecule has 0 N–H and O–H groups in total. The van der Waals surface area contributed by atoms with Crippen LogP contribution in [0.1, 0.15) is 49.9 Å². The van der Waals surface area contributed by atoms with E-state index in [0.717, 1.165) is 62.5 Å². The summed E-state index contributed by atoms with van der Waals surface area (Å²) in [5.41, 5.74) is 1.80. The summed E-state index contributed by atoms with van der Waals surface area (Å²) in [4.78, 5) is 28.4. The van der Waals surface area contributed by atoms with Crippen LogP contribution in [0.4, 0.5) is 5.69 Å². The van der Waals surface area contributed by atoms with E-state index in [0.29, 0.717) is 0 Å². The van der Waals surface area contributed by atoms with E-state index in [1.807, 2.05) is 29.2 Å². The number of carbonyl (C=O) groups is 2. The smallest absolute Gasteiger partial charge is 0.253 e. The van der Waals surface area contributed by atoms with Crippen molar-refractivity contribution >= 4 is 17.4 Å². The molecular formula is C19H26N2O2. The van der Waals surface area contributed by atoms with Gasteiger partial charge in [0.05, 0.1) is 6.04 Å². The van der Waals surface area contributed by atoms with Gasteiger partial charge in [-0.2, -0.15) is 0 Å². The zero-order chi connectivity index (χ0) is 16.4. The summed E-state index contributed by atoms with van der Waals surface area (Å²) in [5, 5.41) is 0. The van der Waals surface area contributed by atoms with Gasteiger partial charge in [0, 0.05) is 30.9 Å². The van der Waals surface area contributed by atoms with E-state index < -0.39 is 0 Å². The number of piperidine rings is 1. The molecular weight excluding hydrogens is 288 g/mol. The molecule has 23 heavy (non-hydrogen) atoms. The molecule has 0 bridgehead atoms. The van der Waals surface area contributed by atoms with E-state index in [1.54, 1.807) is 6.92 Å². The molecule has 2 heterocycles. The third kappa shape index (κ3) is 3.41. The summed E-state index contributed by atoms with van der Waals surface area (Å²) < 4.78 is 0. The van der Waals surface area contributed by atoms with Crippen LogP contribution in [0.2, 0.25) is 0 Å². The first-order valence-electron chi connectivity index (χ1n) is 8.72. The Hall–Kier alpha value is -1.84. The highest BCUT2D eigenvalue weighted by atomic mass is 16.2. The SMILES string of the molecule is CC(=O)C1CCCN1c1ccc(C(=O)N2CCC(C)CC2)cc1. The van der Waals surface area contributed by atoms with Crippen molar-refractivity contribution in [2.75, 3.05) is 24.5 Å². The number of carbonyl (C=O) groups excluding carboxylic acids is 2. The van der Waals surface area contributed by atoms with Crippen LogP contribution in [-0.4, -0.2) is 42.3 Å². The molecule has 1 amide bonds. The van der Waals surface area contributed by atoms with E-state index in [2.05, 4.69) is 11.8 Å². The van der Waals surface area contributed by atoms with Gasteiger partial charge in [0.2, 0.25) is 0 Å². The standard InChI is InChI=1S/C19H26N2O2/c1-14-9-12-20(13-10-14)19(23)16-5-7-17(8-6-16)21-11-3-4-18(21)15(2)22/h5-8,14,18H,3-4,9-13H2,1-2H3. The van der Waals surface area contributed by atoms with Gasteiger partial charge in [-0.25, -0.2) is 0 Å². The zero-order valence-electron chi connectivity index (χ0n) is 14.1. The lowest BCUT2D eigenvalue weighted by atomic mass is 9.98. The maximum atomic E-state index is 12.6. The second kappa shape index (κ2) is 6.73. The number of likely N-dealkylation sites (tertiary alicyclic amines) is 1. The van der Waals surface area contributed by atoms with Crippen LogP contribution in [0.3, 0.4) is 0 Å². The lowest BCUT2D eigenvalue weighted by Gasteiger charge is -2.30. The molecule has 1 atom stereocenters. The molecule has 0 radical (unpaired) electrons. The average molecular weight is 314 g/mol. The predicted molar refractivity (Wildman–Crippen MR) is 91.8 cm³/mol. The Morgan fingerprint density at radius 2 is 1.65 bits per heavy atom. The quantitative estimate of drug-likeness (QED) is 0.860. The molecule has 1 aromatic carbocycles. The second-order valence-corrected chi connectivity index (χ2v) is 6.98. The highest BCUT2D eigenvalue weighted by Gasteiger charge is 2.28. The van der Waals surface area contributed by atoms with Crippen molar-refractivity contribution < 1.29 is 9.59 Å². The van der Waals surface area contributed by atoms with Gasteiger partial charge in [-0.3, -0.25) is 9.59 Å². The number of rotatable bonds is 3. The lowest BCUT2D eigenvalue weighted by Crippen LogP contribution is -2.38. The lowest BCUT2D eigenvalue weighted by molar-refractivity contribution is -0.118. The summed E-state index contributed by atoms with van der Waals surface area (Å²) >= 11 is 0. The number of ketones is 1. The molecule has 0 aliphatic carbocycles. The Balaban J connectivity index is 1.69. The summed E-state index contributed by atoms with van der Waals surface area (Å²) in [6.45, 7) is 6.55. The fraction of sp³-hybridized carbons (Fsp3) is 0.579. The maximum Gasteiger partial charge on any atom is 0.253 e. The topological polar surface area (TPSA) is 40.6 Å². The third-order valence-electron chi connectivity index (χ3n) is 5.24. The number of benzene rings is 1. The molecule has 2 aliphatic heterocycles. The van der Waals surface area contributed by atoms with E-state index in [4.69, 9.17) is 0 Å². The summed E-state index contributed by atoms with van der Waals surface area (Å²) in [7, 11) is 0. The van der Waals surface area contributed by atoms with Crippen LogP contribution in [-0.2, 0) is 4.79 Å². The van der Waals surface area contributed by atoms with Crippen molar-refractivity contribution in [3.63, 3.8) is 0 Å². The average Bonchev–Trinajstić information content (AvgIpc) is 3.05. The van der Waals surface area contributed by atoms with E-state index in [9.17, 15) is 9.59 Å². The largest absolute Gasteiger partial charge is 0.361 e. The zero-order valence-corrected chi connectivity index (χ0v) is 14.1. The number of amides is 1. The highest BCUT2D eigenvalue weighted by Crippen LogP contribution is 2.27. The van der Waals surface area contributed by atoms with E-state index in [-0.39, 0.29) is 17.7 Å². The van der Waals surface area contributed by atoms with Gasteiger partial charge in [0.15, 0.2) is 5.78 Å². The first-order valence-corrected chi connectivity index (χ1v) is 8.72. The molecule has 0 saturated carbocycles. The fourth-order valence-corrected chi connectivity index (χ4v) is 3.69. The van der Waals surface area contributed by atoms with Gasteiger partial charge in [-0.1, -0.05) is 6.92 Å². The minimum atomic E-state index is 0.000124. The molecule has 0 spiro atoms. The van der Waals surface area contributed by atoms with Crippen LogP contribution in [0, 0.1) is 5.92 Å². The Morgan fingerprint density at radius 1 is 1.00 bits per heavy atom. The Kier molecular flexibility index (Phi) is 4.69. The van der Waals surface area contributed by atoms with E-state index >= 15 is 0 Å². The molecule has 2 saturated heterocycles. The molecule has 3 rings (SSSR count). The minimum absolute atomic E-state index is 0.000124. The van der Waals surface area contributed by atoms with Gasteiger partial charge >= 0.3 is 0 Å². The summed E-state index contributed by atoms with van der Waals surface area (Å²) in [6.07, 6.45) is 4.18. The van der Waals surface area contributed by atoms with Gasteiger partial charge in [-0.15, -0.1) is 0 Å². The number of nitrogens with zero attached hydrogens (tertiary/aromatic N) is 2.